The Balaban J connectivity index is 1.17. The van der Waals surface area contributed by atoms with E-state index in [0.717, 1.165) is 32.9 Å². The van der Waals surface area contributed by atoms with Crippen molar-refractivity contribution in [3.63, 3.8) is 0 Å². The molecule has 1 saturated heterocycles. The van der Waals surface area contributed by atoms with E-state index in [1.165, 1.54) is 23.2 Å². The number of carbonyl (C=O) groups is 6. The number of nitrogens with zero attached hydrogens (tertiary/aromatic N) is 3. The Labute approximate surface area is 339 Å². The number of rotatable bonds is 20. The smallest absolute Gasteiger partial charge is 0.258 e. The molecule has 5 aromatic rings. The summed E-state index contributed by atoms with van der Waals surface area (Å²) < 4.78 is 0. The van der Waals surface area contributed by atoms with Gasteiger partial charge in [-0.05, 0) is 49.6 Å². The van der Waals surface area contributed by atoms with Gasteiger partial charge >= 0.3 is 0 Å². The summed E-state index contributed by atoms with van der Waals surface area (Å²) in [5.74, 6) is -3.59. The fourth-order valence-electron chi connectivity index (χ4n) is 7.11. The van der Waals surface area contributed by atoms with Crippen molar-refractivity contribution in [2.75, 3.05) is 19.8 Å². The normalized spacial score (nSPS) is 15.5. The van der Waals surface area contributed by atoms with Gasteiger partial charge in [-0.3, -0.25) is 33.8 Å². The Morgan fingerprint density at radius 3 is 2.03 bits per heavy atom. The maximum Gasteiger partial charge on any atom is 0.258 e. The molecule has 5 atom stereocenters. The van der Waals surface area contributed by atoms with Crippen LogP contribution in [-0.2, 0) is 48.0 Å². The summed E-state index contributed by atoms with van der Waals surface area (Å²) >= 11 is 0. The standard InChI is InChI=1S/C40H51N13O6/c1-23(48-39(58)33(14-24-17-45-30-10-4-2-8-27(24)30)49-38(57)29(42)16-26-19-44-21-47-26)37(56)50-34(15-25-18-46-31-11-5-3-9-28(25)31)40(59)52-20-35(54)53(22-52)51-32(36(43)55)12-6-7-13-41/h2-5,8-11,17-19,21,23,29,32-34,45-46,51H,6-7,12-16,20,22,41-42H2,1H3,(H2,43,55)(H,44,47)(H,48,58)(H,49,57)(H,50,56)/t23-,29-,32-,33+,34-/m0/s1. The number of nitrogens with two attached hydrogens (primary N) is 3. The van der Waals surface area contributed by atoms with Gasteiger partial charge in [0.1, 0.15) is 37.4 Å². The number of primary amides is 1. The quantitative estimate of drug-likeness (QED) is 0.0442. The van der Waals surface area contributed by atoms with Crippen molar-refractivity contribution in [2.45, 2.75) is 75.7 Å². The molecule has 3 aromatic heterocycles. The number of nitrogens with one attached hydrogen (secondary N) is 7. The predicted molar refractivity (Wildman–Crippen MR) is 218 cm³/mol. The monoisotopic (exact) mass is 809 g/mol. The van der Waals surface area contributed by atoms with Crippen molar-refractivity contribution in [3.8, 4) is 0 Å². The van der Waals surface area contributed by atoms with E-state index in [-0.39, 0.29) is 32.5 Å². The van der Waals surface area contributed by atoms with Crippen molar-refractivity contribution < 1.29 is 28.8 Å². The summed E-state index contributed by atoms with van der Waals surface area (Å²) in [5, 5.41) is 11.1. The van der Waals surface area contributed by atoms with Crippen molar-refractivity contribution in [2.24, 2.45) is 17.2 Å². The minimum atomic E-state index is -1.18. The highest BCUT2D eigenvalue weighted by molar-refractivity contribution is 5.97. The number of hydrogen-bond donors (Lipinski definition) is 10. The second-order valence-corrected chi connectivity index (χ2v) is 14.7. The number of fused-ring (bicyclic) bond motifs is 2. The van der Waals surface area contributed by atoms with Crippen LogP contribution in [0.2, 0.25) is 0 Å². The summed E-state index contributed by atoms with van der Waals surface area (Å²) in [6.45, 7) is 1.38. The van der Waals surface area contributed by atoms with Crippen LogP contribution in [0.15, 0.2) is 73.4 Å². The lowest BCUT2D eigenvalue weighted by Gasteiger charge is -2.27. The first kappa shape index (κ1) is 42.0. The van der Waals surface area contributed by atoms with Crippen molar-refractivity contribution >= 4 is 57.2 Å². The lowest BCUT2D eigenvalue weighted by molar-refractivity contribution is -0.137. The number of H-pyrrole nitrogens is 3. The van der Waals surface area contributed by atoms with E-state index in [1.54, 1.807) is 18.6 Å². The average molecular weight is 810 g/mol. The van der Waals surface area contributed by atoms with E-state index in [4.69, 9.17) is 17.2 Å². The zero-order chi connectivity index (χ0) is 42.1. The molecule has 0 radical (unpaired) electrons. The van der Waals surface area contributed by atoms with Crippen LogP contribution in [0.4, 0.5) is 0 Å². The third-order valence-corrected chi connectivity index (χ3v) is 10.4. The van der Waals surface area contributed by atoms with Gasteiger partial charge < -0.3 is 53.0 Å². The van der Waals surface area contributed by atoms with E-state index < -0.39 is 65.7 Å². The summed E-state index contributed by atoms with van der Waals surface area (Å²) in [6, 6.07) is 9.66. The zero-order valence-electron chi connectivity index (χ0n) is 32.7. The van der Waals surface area contributed by atoms with Gasteiger partial charge in [-0.25, -0.2) is 10.4 Å². The molecule has 1 fully saturated rings. The summed E-state index contributed by atoms with van der Waals surface area (Å²) in [4.78, 5) is 95.3. The number of para-hydroxylation sites is 2. The topological polar surface area (TPSA) is 295 Å². The number of unbranched alkanes of at least 4 members (excludes halogenated alkanes) is 1. The van der Waals surface area contributed by atoms with E-state index in [1.807, 2.05) is 48.5 Å². The van der Waals surface area contributed by atoms with E-state index in [0.29, 0.717) is 31.5 Å². The second kappa shape index (κ2) is 19.2. The first-order valence-corrected chi connectivity index (χ1v) is 19.5. The van der Waals surface area contributed by atoms with Crippen LogP contribution >= 0.6 is 0 Å². The summed E-state index contributed by atoms with van der Waals surface area (Å²) in [6.07, 6.45) is 8.42. The summed E-state index contributed by atoms with van der Waals surface area (Å²) in [5.41, 5.74) is 24.1. The van der Waals surface area contributed by atoms with Gasteiger partial charge in [-0.1, -0.05) is 42.8 Å². The maximum atomic E-state index is 14.2. The average Bonchev–Trinajstić information content (AvgIpc) is 4.05. The number of imidazole rings is 1. The van der Waals surface area contributed by atoms with E-state index >= 15 is 0 Å². The molecule has 1 aliphatic heterocycles. The largest absolute Gasteiger partial charge is 0.368 e. The molecule has 312 valence electrons. The van der Waals surface area contributed by atoms with E-state index in [9.17, 15) is 28.8 Å². The number of carbonyl (C=O) groups excluding carboxylic acids is 6. The number of aromatic nitrogens is 4. The van der Waals surface area contributed by atoms with Crippen molar-refractivity contribution in [3.05, 3.63) is 90.3 Å². The molecule has 0 aliphatic carbocycles. The molecular formula is C40H51N13O6. The van der Waals surface area contributed by atoms with Crippen LogP contribution in [0.25, 0.3) is 21.8 Å². The number of hydrogen-bond acceptors (Lipinski definition) is 10. The van der Waals surface area contributed by atoms with Crippen LogP contribution < -0.4 is 38.6 Å². The van der Waals surface area contributed by atoms with Crippen molar-refractivity contribution in [1.82, 2.24) is 51.2 Å². The predicted octanol–water partition coefficient (Wildman–Crippen LogP) is -0.682. The summed E-state index contributed by atoms with van der Waals surface area (Å²) in [7, 11) is 0. The van der Waals surface area contributed by atoms with Crippen LogP contribution in [0.3, 0.4) is 0 Å². The van der Waals surface area contributed by atoms with Crippen molar-refractivity contribution in [1.29, 1.82) is 0 Å². The number of hydrazine groups is 1. The number of benzene rings is 2. The van der Waals surface area contributed by atoms with Gasteiger partial charge in [0.2, 0.25) is 29.5 Å². The van der Waals surface area contributed by atoms with Crippen LogP contribution in [0, 0.1) is 0 Å². The minimum absolute atomic E-state index is 0.0455. The number of aromatic amines is 3. The molecule has 19 nitrogen and oxygen atoms in total. The number of amides is 6. The minimum Gasteiger partial charge on any atom is -0.368 e. The molecule has 59 heavy (non-hydrogen) atoms. The van der Waals surface area contributed by atoms with Gasteiger partial charge in [-0.2, -0.15) is 0 Å². The zero-order valence-corrected chi connectivity index (χ0v) is 32.7. The van der Waals surface area contributed by atoms with Gasteiger partial charge in [0, 0.05) is 65.4 Å². The highest BCUT2D eigenvalue weighted by Crippen LogP contribution is 2.22. The Bertz CT molecular complexity index is 2270. The Morgan fingerprint density at radius 1 is 0.797 bits per heavy atom. The molecule has 0 bridgehead atoms. The lowest BCUT2D eigenvalue weighted by atomic mass is 10.0. The van der Waals surface area contributed by atoms with E-state index in [2.05, 4.69) is 41.3 Å². The lowest BCUT2D eigenvalue weighted by Crippen LogP contribution is -2.58. The molecule has 0 spiro atoms. The van der Waals surface area contributed by atoms with Gasteiger partial charge in [0.05, 0.1) is 12.4 Å². The Kier molecular flexibility index (Phi) is 13.7. The molecule has 6 rings (SSSR count). The van der Waals surface area contributed by atoms with Gasteiger partial charge in [0.25, 0.3) is 5.91 Å². The Morgan fingerprint density at radius 2 is 1.42 bits per heavy atom. The molecule has 1 aliphatic rings. The van der Waals surface area contributed by atoms with Crippen LogP contribution in [0.1, 0.15) is 43.0 Å². The fourth-order valence-corrected chi connectivity index (χ4v) is 7.11. The first-order chi connectivity index (χ1) is 28.4. The fraction of sp³-hybridized carbons (Fsp3) is 0.375. The third kappa shape index (κ3) is 10.5. The molecule has 0 unspecified atom stereocenters. The van der Waals surface area contributed by atoms with Crippen LogP contribution in [0.5, 0.6) is 0 Å². The highest BCUT2D eigenvalue weighted by Gasteiger charge is 2.38. The van der Waals surface area contributed by atoms with Crippen LogP contribution in [-0.4, -0.2) is 115 Å². The van der Waals surface area contributed by atoms with Gasteiger partial charge in [0.15, 0.2) is 0 Å². The third-order valence-electron chi connectivity index (χ3n) is 10.4. The molecule has 4 heterocycles. The SMILES string of the molecule is C[C@H](NC(=O)[C@@H](Cc1c[nH]c2ccccc12)NC(=O)[C@@H](N)Cc1cnc[nH]1)C(=O)N[C@@H](Cc1c[nH]c2ccccc12)C(=O)N1CC(=O)N(N[C@@H](CCCCN)C(N)=O)C1. The molecule has 19 heteroatoms. The second-order valence-electron chi connectivity index (χ2n) is 14.7. The molecule has 0 saturated carbocycles. The highest BCUT2D eigenvalue weighted by atomic mass is 16.2. The molecule has 6 amide bonds. The van der Waals surface area contributed by atoms with Gasteiger partial charge in [-0.15, -0.1) is 0 Å². The first-order valence-electron chi connectivity index (χ1n) is 19.5. The Hall–Kier alpha value is -6.57. The maximum absolute atomic E-state index is 14.2. The molecular weight excluding hydrogens is 759 g/mol. The molecule has 2 aromatic carbocycles. The molecule has 13 N–H and O–H groups in total.